The lowest BCUT2D eigenvalue weighted by Gasteiger charge is -2.15. The number of hydrogen-bond donors (Lipinski definition) is 2. The molecule has 0 saturated heterocycles. The number of thiophene rings is 1. The van der Waals surface area contributed by atoms with E-state index < -0.39 is 20.0 Å². The third-order valence-electron chi connectivity index (χ3n) is 4.24. The maximum absolute atomic E-state index is 13.1. The second-order valence-electron chi connectivity index (χ2n) is 6.62. The highest BCUT2D eigenvalue weighted by atomic mass is 35.5. The van der Waals surface area contributed by atoms with Gasteiger partial charge in [0.15, 0.2) is 0 Å². The van der Waals surface area contributed by atoms with Crippen LogP contribution in [0.4, 0.5) is 11.4 Å². The summed E-state index contributed by atoms with van der Waals surface area (Å²) in [6, 6.07) is 11.3. The van der Waals surface area contributed by atoms with E-state index in [0.717, 1.165) is 11.3 Å². The normalized spacial score (nSPS) is 12.0. The molecule has 2 heterocycles. The van der Waals surface area contributed by atoms with E-state index in [4.69, 9.17) is 27.7 Å². The first-order valence-corrected chi connectivity index (χ1v) is 13.6. The summed E-state index contributed by atoms with van der Waals surface area (Å²) >= 11 is 13.1. The van der Waals surface area contributed by atoms with Gasteiger partial charge in [0, 0.05) is 12.5 Å². The summed E-state index contributed by atoms with van der Waals surface area (Å²) in [6.45, 7) is 1.61. The van der Waals surface area contributed by atoms with Crippen LogP contribution in [0.1, 0.15) is 5.89 Å². The predicted molar refractivity (Wildman–Crippen MR) is 127 cm³/mol. The van der Waals surface area contributed by atoms with E-state index in [1.54, 1.807) is 24.4 Å². The van der Waals surface area contributed by atoms with Crippen molar-refractivity contribution in [3.05, 3.63) is 69.8 Å². The highest BCUT2D eigenvalue weighted by molar-refractivity contribution is 7.94. The Morgan fingerprint density at radius 1 is 0.909 bits per heavy atom. The minimum atomic E-state index is -4.17. The zero-order chi connectivity index (χ0) is 23.8. The van der Waals surface area contributed by atoms with Crippen LogP contribution in [0, 0.1) is 6.92 Å². The first kappa shape index (κ1) is 23.5. The van der Waals surface area contributed by atoms with Gasteiger partial charge in [0.25, 0.3) is 20.0 Å². The standard InChI is InChI=1S/C19H14Cl2N4O5S3/c1-11-22-19(23-30-11)12-4-2-5-13(8-12)32(26,27)24-16-9-14(20)15(21)10-17(16)25-33(28,29)18-6-3-7-31-18/h2-10,24-25H,1H3. The van der Waals surface area contributed by atoms with Crippen molar-refractivity contribution in [3.63, 3.8) is 0 Å². The van der Waals surface area contributed by atoms with Crippen LogP contribution in [-0.2, 0) is 20.0 Å². The maximum atomic E-state index is 13.1. The number of anilines is 2. The molecular weight excluding hydrogens is 531 g/mol. The molecule has 172 valence electrons. The number of halogens is 2. The van der Waals surface area contributed by atoms with E-state index in [0.29, 0.717) is 11.5 Å². The molecule has 0 fully saturated rings. The Hall–Kier alpha value is -2.64. The fourth-order valence-electron chi connectivity index (χ4n) is 2.75. The van der Waals surface area contributed by atoms with Gasteiger partial charge in [0.05, 0.1) is 26.3 Å². The van der Waals surface area contributed by atoms with Crippen LogP contribution in [0.25, 0.3) is 11.4 Å². The number of benzene rings is 2. The van der Waals surface area contributed by atoms with Crippen LogP contribution in [0.15, 0.2) is 67.5 Å². The van der Waals surface area contributed by atoms with Crippen molar-refractivity contribution >= 4 is 66.0 Å². The monoisotopic (exact) mass is 544 g/mol. The summed E-state index contributed by atoms with van der Waals surface area (Å²) in [5.74, 6) is 0.554. The largest absolute Gasteiger partial charge is 0.339 e. The predicted octanol–water partition coefficient (Wildman–Crippen LogP) is 5.01. The molecule has 0 radical (unpaired) electrons. The Balaban J connectivity index is 1.71. The Morgan fingerprint density at radius 3 is 2.15 bits per heavy atom. The van der Waals surface area contributed by atoms with Gasteiger partial charge in [-0.05, 0) is 35.7 Å². The van der Waals surface area contributed by atoms with E-state index in [-0.39, 0.29) is 36.3 Å². The third kappa shape index (κ3) is 5.14. The SMILES string of the molecule is Cc1nc(-c2cccc(S(=O)(=O)Nc3cc(Cl)c(Cl)cc3NS(=O)(=O)c3cccs3)c2)no1. The van der Waals surface area contributed by atoms with Gasteiger partial charge in [-0.3, -0.25) is 9.44 Å². The molecule has 0 amide bonds. The smallest absolute Gasteiger partial charge is 0.271 e. The zero-order valence-electron chi connectivity index (χ0n) is 16.6. The molecule has 14 heteroatoms. The Bertz CT molecular complexity index is 1540. The Kier molecular flexibility index (Phi) is 6.38. The van der Waals surface area contributed by atoms with Crippen LogP contribution < -0.4 is 9.44 Å². The average Bonchev–Trinajstić information content (AvgIpc) is 3.44. The molecule has 0 aliphatic rings. The molecule has 0 spiro atoms. The third-order valence-corrected chi connectivity index (χ3v) is 9.09. The van der Waals surface area contributed by atoms with Gasteiger partial charge in [0.1, 0.15) is 4.21 Å². The lowest BCUT2D eigenvalue weighted by Crippen LogP contribution is -2.17. The molecule has 33 heavy (non-hydrogen) atoms. The van der Waals surface area contributed by atoms with Gasteiger partial charge in [-0.15, -0.1) is 11.3 Å². The fraction of sp³-hybridized carbons (Fsp3) is 0.0526. The van der Waals surface area contributed by atoms with E-state index >= 15 is 0 Å². The molecule has 0 bridgehead atoms. The first-order chi connectivity index (χ1) is 15.5. The van der Waals surface area contributed by atoms with Gasteiger partial charge in [-0.25, -0.2) is 16.8 Å². The molecule has 0 aliphatic carbocycles. The highest BCUT2D eigenvalue weighted by Gasteiger charge is 2.22. The van der Waals surface area contributed by atoms with Crippen molar-refractivity contribution in [2.45, 2.75) is 16.0 Å². The van der Waals surface area contributed by atoms with E-state index in [9.17, 15) is 16.8 Å². The van der Waals surface area contributed by atoms with E-state index in [1.807, 2.05) is 0 Å². The first-order valence-electron chi connectivity index (χ1n) is 9.04. The highest BCUT2D eigenvalue weighted by Crippen LogP contribution is 2.36. The van der Waals surface area contributed by atoms with Crippen molar-refractivity contribution in [2.24, 2.45) is 0 Å². The average molecular weight is 545 g/mol. The zero-order valence-corrected chi connectivity index (χ0v) is 20.6. The van der Waals surface area contributed by atoms with Crippen LogP contribution in [0.3, 0.4) is 0 Å². The molecule has 2 N–H and O–H groups in total. The fourth-order valence-corrected chi connectivity index (χ4v) is 6.26. The minimum absolute atomic E-state index is 0.0319. The molecule has 4 aromatic rings. The second kappa shape index (κ2) is 8.95. The number of nitrogens with zero attached hydrogens (tertiary/aromatic N) is 2. The molecule has 2 aromatic carbocycles. The second-order valence-corrected chi connectivity index (χ2v) is 12.0. The Morgan fingerprint density at radius 2 is 1.58 bits per heavy atom. The van der Waals surface area contributed by atoms with Crippen molar-refractivity contribution < 1.29 is 21.4 Å². The van der Waals surface area contributed by atoms with E-state index in [2.05, 4.69) is 19.6 Å². The van der Waals surface area contributed by atoms with E-state index in [1.165, 1.54) is 36.4 Å². The molecule has 2 aromatic heterocycles. The summed E-state index contributed by atoms with van der Waals surface area (Å²) < 4.78 is 61.3. The number of aryl methyl sites for hydroxylation is 1. The lowest BCUT2D eigenvalue weighted by atomic mass is 10.2. The van der Waals surface area contributed by atoms with Crippen molar-refractivity contribution in [1.82, 2.24) is 10.1 Å². The number of hydrogen-bond acceptors (Lipinski definition) is 8. The number of aromatic nitrogens is 2. The number of rotatable bonds is 7. The van der Waals surface area contributed by atoms with Gasteiger partial charge < -0.3 is 4.52 Å². The topological polar surface area (TPSA) is 131 Å². The van der Waals surface area contributed by atoms with Crippen LogP contribution in [0.5, 0.6) is 0 Å². The minimum Gasteiger partial charge on any atom is -0.339 e. The van der Waals surface area contributed by atoms with Crippen molar-refractivity contribution in [1.29, 1.82) is 0 Å². The number of sulfonamides is 2. The molecule has 9 nitrogen and oxygen atoms in total. The van der Waals surface area contributed by atoms with Crippen molar-refractivity contribution in [2.75, 3.05) is 9.44 Å². The molecule has 0 aliphatic heterocycles. The molecule has 0 atom stereocenters. The summed E-state index contributed by atoms with van der Waals surface area (Å²) in [6.07, 6.45) is 0. The van der Waals surface area contributed by atoms with Crippen LogP contribution in [-0.4, -0.2) is 27.0 Å². The van der Waals surface area contributed by atoms with Crippen molar-refractivity contribution in [3.8, 4) is 11.4 Å². The lowest BCUT2D eigenvalue weighted by molar-refractivity contribution is 0.394. The summed E-state index contributed by atoms with van der Waals surface area (Å²) in [7, 11) is -8.15. The Labute approximate surface area is 203 Å². The molecular formula is C19H14Cl2N4O5S3. The molecule has 0 unspecified atom stereocenters. The summed E-state index contributed by atoms with van der Waals surface area (Å²) in [4.78, 5) is 3.98. The summed E-state index contributed by atoms with van der Waals surface area (Å²) in [5, 5.41) is 5.46. The van der Waals surface area contributed by atoms with Crippen LogP contribution >= 0.6 is 34.5 Å². The quantitative estimate of drug-likeness (QED) is 0.334. The summed E-state index contributed by atoms with van der Waals surface area (Å²) in [5.41, 5.74) is 0.221. The van der Waals surface area contributed by atoms with Gasteiger partial charge in [-0.1, -0.05) is 46.6 Å². The van der Waals surface area contributed by atoms with Crippen LogP contribution in [0.2, 0.25) is 10.0 Å². The van der Waals surface area contributed by atoms with Gasteiger partial charge >= 0.3 is 0 Å². The van der Waals surface area contributed by atoms with Gasteiger partial charge in [0.2, 0.25) is 11.7 Å². The van der Waals surface area contributed by atoms with Gasteiger partial charge in [-0.2, -0.15) is 4.98 Å². The molecule has 0 saturated carbocycles. The number of nitrogens with one attached hydrogen (secondary N) is 2. The maximum Gasteiger partial charge on any atom is 0.271 e. The molecule has 4 rings (SSSR count).